The van der Waals surface area contributed by atoms with Crippen molar-refractivity contribution in [3.63, 3.8) is 0 Å². The highest BCUT2D eigenvalue weighted by Crippen LogP contribution is 2.29. The van der Waals surface area contributed by atoms with Crippen molar-refractivity contribution in [3.8, 4) is 0 Å². The molecule has 0 saturated heterocycles. The lowest BCUT2D eigenvalue weighted by Gasteiger charge is -2.08. The van der Waals surface area contributed by atoms with Gasteiger partial charge in [0, 0.05) is 20.0 Å². The lowest BCUT2D eigenvalue weighted by atomic mass is 10.2. The Bertz CT molecular complexity index is 949. The van der Waals surface area contributed by atoms with E-state index in [1.807, 2.05) is 36.4 Å². The maximum Gasteiger partial charge on any atom is 0.257 e. The van der Waals surface area contributed by atoms with Crippen LogP contribution >= 0.6 is 39.3 Å². The monoisotopic (exact) mass is 453 g/mol. The molecule has 3 rings (SSSR count). The number of amides is 1. The Balaban J connectivity index is 1.70. The molecule has 0 aliphatic carbocycles. The second kappa shape index (κ2) is 8.20. The molecule has 0 unspecified atom stereocenters. The molecule has 1 amide bonds. The van der Waals surface area contributed by atoms with Gasteiger partial charge < -0.3 is 5.32 Å². The summed E-state index contributed by atoms with van der Waals surface area (Å²) in [5.41, 5.74) is 0.398. The zero-order chi connectivity index (χ0) is 18.7. The van der Waals surface area contributed by atoms with Crippen LogP contribution in [0, 0.1) is 11.6 Å². The van der Waals surface area contributed by atoms with Crippen LogP contribution in [0.25, 0.3) is 0 Å². The molecule has 0 aromatic heterocycles. The van der Waals surface area contributed by atoms with E-state index in [1.165, 1.54) is 0 Å². The lowest BCUT2D eigenvalue weighted by molar-refractivity contribution is 0.102. The molecular formula is C19H11BrClF2NOS. The second-order valence-corrected chi connectivity index (χ2v) is 7.75. The molecule has 0 spiro atoms. The second-order valence-electron chi connectivity index (χ2n) is 5.28. The molecule has 0 heterocycles. The Hall–Kier alpha value is -1.89. The molecular weight excluding hydrogens is 444 g/mol. The van der Waals surface area contributed by atoms with Crippen molar-refractivity contribution in [1.82, 2.24) is 0 Å². The number of carbonyl (C=O) groups excluding carboxylic acids is 1. The van der Waals surface area contributed by atoms with Gasteiger partial charge in [0.05, 0.1) is 10.6 Å². The van der Waals surface area contributed by atoms with E-state index in [1.54, 1.807) is 23.9 Å². The van der Waals surface area contributed by atoms with Crippen LogP contribution < -0.4 is 5.32 Å². The van der Waals surface area contributed by atoms with Gasteiger partial charge in [0.1, 0.15) is 0 Å². The fraction of sp³-hybridized carbons (Fsp3) is 0. The molecule has 26 heavy (non-hydrogen) atoms. The van der Waals surface area contributed by atoms with Gasteiger partial charge in [-0.1, -0.05) is 39.3 Å². The van der Waals surface area contributed by atoms with E-state index in [0.717, 1.165) is 26.4 Å². The Labute approximate surface area is 166 Å². The van der Waals surface area contributed by atoms with Crippen LogP contribution in [0.3, 0.4) is 0 Å². The average Bonchev–Trinajstić information content (AvgIpc) is 2.61. The molecule has 132 valence electrons. The molecule has 7 heteroatoms. The summed E-state index contributed by atoms with van der Waals surface area (Å²) in [6, 6.07) is 16.6. The molecule has 0 radical (unpaired) electrons. The molecule has 2 nitrogen and oxygen atoms in total. The van der Waals surface area contributed by atoms with E-state index in [0.29, 0.717) is 5.69 Å². The summed E-state index contributed by atoms with van der Waals surface area (Å²) in [5.74, 6) is -2.83. The number of rotatable bonds is 4. The Morgan fingerprint density at radius 3 is 2.08 bits per heavy atom. The Morgan fingerprint density at radius 1 is 0.923 bits per heavy atom. The minimum Gasteiger partial charge on any atom is -0.322 e. The minimum absolute atomic E-state index is 0.126. The first kappa shape index (κ1) is 18.9. The van der Waals surface area contributed by atoms with Crippen molar-refractivity contribution in [2.75, 3.05) is 5.32 Å². The van der Waals surface area contributed by atoms with E-state index in [9.17, 15) is 13.6 Å². The van der Waals surface area contributed by atoms with Crippen LogP contribution in [0.5, 0.6) is 0 Å². The van der Waals surface area contributed by atoms with E-state index < -0.39 is 17.5 Å². The molecule has 0 bridgehead atoms. The largest absolute Gasteiger partial charge is 0.322 e. The quantitative estimate of drug-likeness (QED) is 0.440. The fourth-order valence-electron chi connectivity index (χ4n) is 2.14. The number of anilines is 1. The summed E-state index contributed by atoms with van der Waals surface area (Å²) in [4.78, 5) is 14.3. The summed E-state index contributed by atoms with van der Waals surface area (Å²) in [7, 11) is 0. The molecule has 0 atom stereocenters. The van der Waals surface area contributed by atoms with Crippen molar-refractivity contribution in [1.29, 1.82) is 0 Å². The summed E-state index contributed by atoms with van der Waals surface area (Å²) < 4.78 is 27.4. The van der Waals surface area contributed by atoms with Gasteiger partial charge in [-0.3, -0.25) is 4.79 Å². The summed E-state index contributed by atoms with van der Waals surface area (Å²) in [6.07, 6.45) is 0. The van der Waals surface area contributed by atoms with Gasteiger partial charge in [-0.25, -0.2) is 8.78 Å². The van der Waals surface area contributed by atoms with Crippen molar-refractivity contribution >= 4 is 50.9 Å². The highest BCUT2D eigenvalue weighted by atomic mass is 79.9. The van der Waals surface area contributed by atoms with E-state index in [-0.39, 0.29) is 10.6 Å². The maximum atomic E-state index is 13.3. The highest BCUT2D eigenvalue weighted by molar-refractivity contribution is 9.10. The predicted octanol–water partition coefficient (Wildman–Crippen LogP) is 6.78. The summed E-state index contributed by atoms with van der Waals surface area (Å²) in [6.45, 7) is 0. The Morgan fingerprint density at radius 2 is 1.46 bits per heavy atom. The zero-order valence-corrected chi connectivity index (χ0v) is 16.3. The Kier molecular flexibility index (Phi) is 5.96. The van der Waals surface area contributed by atoms with E-state index in [4.69, 9.17) is 11.6 Å². The normalized spacial score (nSPS) is 10.6. The third-order valence-electron chi connectivity index (χ3n) is 3.42. The van der Waals surface area contributed by atoms with Gasteiger partial charge in [0.25, 0.3) is 5.91 Å². The molecule has 0 fully saturated rings. The van der Waals surface area contributed by atoms with Crippen LogP contribution in [0.15, 0.2) is 74.9 Å². The van der Waals surface area contributed by atoms with Crippen LogP contribution in [0.2, 0.25) is 5.02 Å². The zero-order valence-electron chi connectivity index (χ0n) is 13.1. The molecule has 1 N–H and O–H groups in total. The standard InChI is InChI=1S/C19H11BrClF2NOS/c20-11-1-5-13(6-2-11)26-14-7-3-12(4-8-14)24-19(25)15-9-17(22)18(23)10-16(15)21/h1-10H,(H,24,25). The van der Waals surface area contributed by atoms with Gasteiger partial charge >= 0.3 is 0 Å². The van der Waals surface area contributed by atoms with Gasteiger partial charge in [0.2, 0.25) is 0 Å². The number of benzene rings is 3. The molecule has 0 saturated carbocycles. The maximum absolute atomic E-state index is 13.3. The van der Waals surface area contributed by atoms with Gasteiger partial charge in [-0.2, -0.15) is 0 Å². The summed E-state index contributed by atoms with van der Waals surface area (Å²) in [5, 5.41) is 2.47. The van der Waals surface area contributed by atoms with E-state index in [2.05, 4.69) is 21.2 Å². The predicted molar refractivity (Wildman–Crippen MR) is 104 cm³/mol. The molecule has 3 aromatic carbocycles. The summed E-state index contributed by atoms with van der Waals surface area (Å²) >= 11 is 10.8. The van der Waals surface area contributed by atoms with Crippen LogP contribution in [-0.2, 0) is 0 Å². The smallest absolute Gasteiger partial charge is 0.257 e. The van der Waals surface area contributed by atoms with Crippen molar-refractivity contribution in [2.45, 2.75) is 9.79 Å². The van der Waals surface area contributed by atoms with Crippen molar-refractivity contribution in [3.05, 3.63) is 87.4 Å². The van der Waals surface area contributed by atoms with Crippen LogP contribution in [0.4, 0.5) is 14.5 Å². The molecule has 3 aromatic rings. The van der Waals surface area contributed by atoms with Gasteiger partial charge in [-0.05, 0) is 60.7 Å². The third kappa shape index (κ3) is 4.63. The van der Waals surface area contributed by atoms with Crippen LogP contribution in [-0.4, -0.2) is 5.91 Å². The van der Waals surface area contributed by atoms with Gasteiger partial charge in [-0.15, -0.1) is 0 Å². The first-order valence-corrected chi connectivity index (χ1v) is 9.40. The number of hydrogen-bond donors (Lipinski definition) is 1. The number of nitrogens with one attached hydrogen (secondary N) is 1. The van der Waals surface area contributed by atoms with Gasteiger partial charge in [0.15, 0.2) is 11.6 Å². The number of carbonyl (C=O) groups is 1. The number of halogens is 4. The third-order valence-corrected chi connectivity index (χ3v) is 5.27. The van der Waals surface area contributed by atoms with Crippen molar-refractivity contribution < 1.29 is 13.6 Å². The number of hydrogen-bond acceptors (Lipinski definition) is 2. The first-order chi connectivity index (χ1) is 12.4. The topological polar surface area (TPSA) is 29.1 Å². The molecule has 0 aliphatic rings. The SMILES string of the molecule is O=C(Nc1ccc(Sc2ccc(Br)cc2)cc1)c1cc(F)c(F)cc1Cl. The van der Waals surface area contributed by atoms with E-state index >= 15 is 0 Å². The first-order valence-electron chi connectivity index (χ1n) is 7.42. The highest BCUT2D eigenvalue weighted by Gasteiger charge is 2.15. The van der Waals surface area contributed by atoms with Crippen LogP contribution in [0.1, 0.15) is 10.4 Å². The fourth-order valence-corrected chi connectivity index (χ4v) is 3.46. The minimum atomic E-state index is -1.12. The van der Waals surface area contributed by atoms with Crippen molar-refractivity contribution in [2.24, 2.45) is 0 Å². The molecule has 0 aliphatic heterocycles. The lowest BCUT2D eigenvalue weighted by Crippen LogP contribution is -2.13. The average molecular weight is 455 g/mol.